The van der Waals surface area contributed by atoms with Crippen LogP contribution in [-0.4, -0.2) is 11.8 Å². The molecule has 0 aliphatic heterocycles. The fraction of sp³-hybridized carbons (Fsp3) is 0.615. The predicted molar refractivity (Wildman–Crippen MR) is 77.4 cm³/mol. The molecular formula is C13H20BrNOS. The maximum Gasteiger partial charge on any atom is 0.140 e. The van der Waals surface area contributed by atoms with Crippen LogP contribution in [-0.2, 0) is 11.2 Å². The molecule has 17 heavy (non-hydrogen) atoms. The Morgan fingerprint density at radius 3 is 2.71 bits per heavy atom. The summed E-state index contributed by atoms with van der Waals surface area (Å²) in [6.45, 7) is 4.03. The predicted octanol–water partition coefficient (Wildman–Crippen LogP) is 3.78. The average Bonchev–Trinajstić information content (AvgIpc) is 2.63. The Balaban J connectivity index is 2.35. The van der Waals surface area contributed by atoms with E-state index in [0.717, 1.165) is 28.6 Å². The van der Waals surface area contributed by atoms with Crippen molar-refractivity contribution in [1.82, 2.24) is 0 Å². The average molecular weight is 318 g/mol. The van der Waals surface area contributed by atoms with Gasteiger partial charge in [-0.3, -0.25) is 4.79 Å². The third kappa shape index (κ3) is 5.32. The van der Waals surface area contributed by atoms with Crippen molar-refractivity contribution in [1.29, 1.82) is 0 Å². The van der Waals surface area contributed by atoms with E-state index < -0.39 is 0 Å². The Hall–Kier alpha value is -0.190. The fourth-order valence-corrected chi connectivity index (χ4v) is 3.19. The zero-order valence-electron chi connectivity index (χ0n) is 10.4. The van der Waals surface area contributed by atoms with Crippen LogP contribution in [0.15, 0.2) is 15.9 Å². The molecule has 0 fully saturated rings. The van der Waals surface area contributed by atoms with Crippen molar-refractivity contribution in [3.05, 3.63) is 20.8 Å². The molecule has 0 aliphatic rings. The van der Waals surface area contributed by atoms with Gasteiger partial charge in [-0.25, -0.2) is 0 Å². The van der Waals surface area contributed by atoms with Crippen molar-refractivity contribution in [2.24, 2.45) is 11.7 Å². The Labute approximate surface area is 116 Å². The highest BCUT2D eigenvalue weighted by Gasteiger charge is 2.15. The second-order valence-corrected chi connectivity index (χ2v) is 6.50. The van der Waals surface area contributed by atoms with Crippen LogP contribution in [0.25, 0.3) is 0 Å². The smallest absolute Gasteiger partial charge is 0.140 e. The molecule has 1 heterocycles. The normalized spacial score (nSPS) is 14.6. The molecule has 4 heteroatoms. The van der Waals surface area contributed by atoms with E-state index in [-0.39, 0.29) is 12.0 Å². The molecule has 0 saturated heterocycles. The third-order valence-electron chi connectivity index (χ3n) is 2.87. The molecule has 0 bridgehead atoms. The Morgan fingerprint density at radius 1 is 1.47 bits per heavy atom. The van der Waals surface area contributed by atoms with Crippen molar-refractivity contribution >= 4 is 33.0 Å². The molecule has 0 aromatic carbocycles. The molecule has 0 aliphatic carbocycles. The molecule has 2 N–H and O–H groups in total. The van der Waals surface area contributed by atoms with Crippen LogP contribution in [0.4, 0.5) is 0 Å². The van der Waals surface area contributed by atoms with Gasteiger partial charge in [-0.05, 0) is 47.1 Å². The van der Waals surface area contributed by atoms with Crippen LogP contribution in [0.2, 0.25) is 0 Å². The van der Waals surface area contributed by atoms with Gasteiger partial charge in [0.1, 0.15) is 5.78 Å². The summed E-state index contributed by atoms with van der Waals surface area (Å²) in [4.78, 5) is 13.1. The first kappa shape index (κ1) is 14.9. The molecule has 1 aromatic heterocycles. The quantitative estimate of drug-likeness (QED) is 0.831. The van der Waals surface area contributed by atoms with Gasteiger partial charge in [-0.15, -0.1) is 11.3 Å². The van der Waals surface area contributed by atoms with E-state index in [9.17, 15) is 4.79 Å². The Morgan fingerprint density at radius 2 is 2.18 bits per heavy atom. The second-order valence-electron chi connectivity index (χ2n) is 4.64. The van der Waals surface area contributed by atoms with Crippen molar-refractivity contribution in [3.8, 4) is 0 Å². The van der Waals surface area contributed by atoms with Crippen LogP contribution in [0, 0.1) is 5.92 Å². The number of thiophene rings is 1. The van der Waals surface area contributed by atoms with Crippen LogP contribution in [0.3, 0.4) is 0 Å². The summed E-state index contributed by atoms with van der Waals surface area (Å²) in [7, 11) is 0. The van der Waals surface area contributed by atoms with Gasteiger partial charge in [0.05, 0.1) is 0 Å². The number of halogens is 1. The summed E-state index contributed by atoms with van der Waals surface area (Å²) in [6, 6.07) is 2.23. The van der Waals surface area contributed by atoms with Crippen LogP contribution >= 0.6 is 27.3 Å². The molecule has 0 saturated carbocycles. The van der Waals surface area contributed by atoms with E-state index in [4.69, 9.17) is 5.73 Å². The van der Waals surface area contributed by atoms with Crippen molar-refractivity contribution < 1.29 is 4.79 Å². The lowest BCUT2D eigenvalue weighted by Crippen LogP contribution is -2.17. The number of hydrogen-bond donors (Lipinski definition) is 1. The minimum Gasteiger partial charge on any atom is -0.328 e. The van der Waals surface area contributed by atoms with E-state index >= 15 is 0 Å². The number of nitrogens with two attached hydrogens (primary N) is 1. The van der Waals surface area contributed by atoms with Crippen molar-refractivity contribution in [3.63, 3.8) is 0 Å². The first-order valence-corrected chi connectivity index (χ1v) is 7.68. The molecule has 2 atom stereocenters. The largest absolute Gasteiger partial charge is 0.328 e. The van der Waals surface area contributed by atoms with Gasteiger partial charge in [-0.2, -0.15) is 0 Å². The van der Waals surface area contributed by atoms with Crippen LogP contribution in [0.1, 0.15) is 38.0 Å². The highest BCUT2D eigenvalue weighted by atomic mass is 79.9. The molecule has 1 aromatic rings. The SMILES string of the molecule is CC(N)CCCC(C)C(=O)Cc1sccc1Br. The second kappa shape index (κ2) is 7.29. The monoisotopic (exact) mass is 317 g/mol. The lowest BCUT2D eigenvalue weighted by molar-refractivity contribution is -0.121. The van der Waals surface area contributed by atoms with E-state index in [1.165, 1.54) is 0 Å². The maximum absolute atomic E-state index is 12.0. The molecular weight excluding hydrogens is 298 g/mol. The molecule has 2 nitrogen and oxygen atoms in total. The molecule has 0 amide bonds. The zero-order chi connectivity index (χ0) is 12.8. The molecule has 2 unspecified atom stereocenters. The van der Waals surface area contributed by atoms with Gasteiger partial charge in [0.15, 0.2) is 0 Å². The van der Waals surface area contributed by atoms with Gasteiger partial charge in [0.2, 0.25) is 0 Å². The van der Waals surface area contributed by atoms with Crippen molar-refractivity contribution in [2.45, 2.75) is 45.6 Å². The first-order valence-electron chi connectivity index (χ1n) is 6.01. The van der Waals surface area contributed by atoms with E-state index in [1.54, 1.807) is 11.3 Å². The topological polar surface area (TPSA) is 43.1 Å². The van der Waals surface area contributed by atoms with E-state index in [2.05, 4.69) is 15.9 Å². The van der Waals surface area contributed by atoms with Gasteiger partial charge in [0.25, 0.3) is 0 Å². The van der Waals surface area contributed by atoms with E-state index in [1.807, 2.05) is 25.3 Å². The minimum atomic E-state index is 0.141. The summed E-state index contributed by atoms with van der Waals surface area (Å²) >= 11 is 5.09. The number of carbonyl (C=O) groups is 1. The highest BCUT2D eigenvalue weighted by molar-refractivity contribution is 9.10. The van der Waals surface area contributed by atoms with Crippen LogP contribution in [0.5, 0.6) is 0 Å². The summed E-state index contributed by atoms with van der Waals surface area (Å²) in [5, 5.41) is 2.01. The number of Topliss-reactive ketones (excluding diaryl/α,β-unsaturated/α-hetero) is 1. The lowest BCUT2D eigenvalue weighted by Gasteiger charge is -2.11. The zero-order valence-corrected chi connectivity index (χ0v) is 12.8. The van der Waals surface area contributed by atoms with Crippen LogP contribution < -0.4 is 5.73 Å². The van der Waals surface area contributed by atoms with Gasteiger partial charge >= 0.3 is 0 Å². The molecule has 1 rings (SSSR count). The Bertz CT molecular complexity index is 362. The molecule has 96 valence electrons. The number of carbonyl (C=O) groups excluding carboxylic acids is 1. The van der Waals surface area contributed by atoms with Gasteiger partial charge in [0, 0.05) is 27.7 Å². The van der Waals surface area contributed by atoms with Gasteiger partial charge in [-0.1, -0.05) is 13.3 Å². The summed E-state index contributed by atoms with van der Waals surface area (Å²) < 4.78 is 1.05. The summed E-state index contributed by atoms with van der Waals surface area (Å²) in [6.07, 6.45) is 3.54. The third-order valence-corrected chi connectivity index (χ3v) is 4.80. The summed E-state index contributed by atoms with van der Waals surface area (Å²) in [5.74, 6) is 0.473. The lowest BCUT2D eigenvalue weighted by atomic mass is 9.96. The standard InChI is InChI=1S/C13H20BrNOS/c1-9(4-3-5-10(2)15)12(16)8-13-11(14)6-7-17-13/h6-7,9-10H,3-5,8,15H2,1-2H3. The minimum absolute atomic E-state index is 0.141. The maximum atomic E-state index is 12.0. The number of ketones is 1. The van der Waals surface area contributed by atoms with E-state index in [0.29, 0.717) is 12.2 Å². The van der Waals surface area contributed by atoms with Gasteiger partial charge < -0.3 is 5.73 Å². The highest BCUT2D eigenvalue weighted by Crippen LogP contribution is 2.24. The number of hydrogen-bond acceptors (Lipinski definition) is 3. The number of rotatable bonds is 7. The fourth-order valence-electron chi connectivity index (χ4n) is 1.69. The first-order chi connectivity index (χ1) is 8.00. The Kier molecular flexibility index (Phi) is 6.38. The summed E-state index contributed by atoms with van der Waals surface area (Å²) in [5.41, 5.74) is 5.69. The van der Waals surface area contributed by atoms with Crippen molar-refractivity contribution in [2.75, 3.05) is 0 Å². The molecule has 0 spiro atoms. The molecule has 0 radical (unpaired) electrons.